The zero-order valence-electron chi connectivity index (χ0n) is 10.8. The van der Waals surface area contributed by atoms with E-state index >= 15 is 0 Å². The highest BCUT2D eigenvalue weighted by molar-refractivity contribution is 5.70. The maximum absolute atomic E-state index is 11.9. The summed E-state index contributed by atoms with van der Waals surface area (Å²) in [6.07, 6.45) is 1.87. The highest BCUT2D eigenvalue weighted by Gasteiger charge is 2.18. The molecular weight excluding hydrogens is 240 g/mol. The van der Waals surface area contributed by atoms with Crippen LogP contribution in [0.2, 0.25) is 0 Å². The molecule has 0 aliphatic heterocycles. The van der Waals surface area contributed by atoms with Crippen molar-refractivity contribution in [3.8, 4) is 17.0 Å². The van der Waals surface area contributed by atoms with Gasteiger partial charge in [-0.2, -0.15) is 0 Å². The van der Waals surface area contributed by atoms with E-state index in [9.17, 15) is 4.79 Å². The Balaban J connectivity index is 2.19. The van der Waals surface area contributed by atoms with Gasteiger partial charge in [0, 0.05) is 17.7 Å². The number of hydrogen-bond acceptors (Lipinski definition) is 3. The van der Waals surface area contributed by atoms with Crippen LogP contribution in [0, 0.1) is 0 Å². The quantitative estimate of drug-likeness (QED) is 0.857. The molecule has 0 radical (unpaired) electrons. The van der Waals surface area contributed by atoms with Crippen LogP contribution in [-0.4, -0.2) is 12.1 Å². The minimum Gasteiger partial charge on any atom is -0.497 e. The number of ether oxygens (including phenoxy) is 1. The van der Waals surface area contributed by atoms with Crippen molar-refractivity contribution >= 4 is 0 Å². The Bertz CT molecular complexity index is 689. The summed E-state index contributed by atoms with van der Waals surface area (Å²) in [4.78, 5) is 14.9. The molecule has 4 nitrogen and oxygen atoms in total. The van der Waals surface area contributed by atoms with Crippen LogP contribution in [-0.2, 0) is 19.4 Å². The maximum atomic E-state index is 11.9. The molecule has 0 unspecified atom stereocenters. The van der Waals surface area contributed by atoms with Crippen LogP contribution >= 0.6 is 0 Å². The summed E-state index contributed by atoms with van der Waals surface area (Å²) in [6.45, 7) is 0.276. The second-order valence-corrected chi connectivity index (χ2v) is 4.75. The number of aromatic nitrogens is 1. The fourth-order valence-corrected chi connectivity index (χ4v) is 2.63. The first-order valence-corrected chi connectivity index (χ1v) is 6.35. The van der Waals surface area contributed by atoms with Crippen LogP contribution in [0.4, 0.5) is 0 Å². The Hall–Kier alpha value is -2.07. The van der Waals surface area contributed by atoms with Gasteiger partial charge in [-0.1, -0.05) is 0 Å². The molecule has 19 heavy (non-hydrogen) atoms. The number of nitrogens with one attached hydrogen (secondary N) is 1. The fraction of sp³-hybridized carbons (Fsp3) is 0.267. The van der Waals surface area contributed by atoms with Gasteiger partial charge in [-0.15, -0.1) is 0 Å². The number of rotatable bonds is 2. The third-order valence-electron chi connectivity index (χ3n) is 3.67. The summed E-state index contributed by atoms with van der Waals surface area (Å²) in [5, 5.41) is 0. The Morgan fingerprint density at radius 1 is 1.26 bits per heavy atom. The second kappa shape index (κ2) is 4.55. The van der Waals surface area contributed by atoms with Crippen molar-refractivity contribution < 1.29 is 4.74 Å². The Kier molecular flexibility index (Phi) is 2.87. The molecule has 1 aromatic heterocycles. The maximum Gasteiger partial charge on any atom is 0.252 e. The average molecular weight is 256 g/mol. The van der Waals surface area contributed by atoms with Crippen molar-refractivity contribution in [2.75, 3.05) is 7.11 Å². The van der Waals surface area contributed by atoms with Gasteiger partial charge in [0.05, 0.1) is 12.8 Å². The lowest BCUT2D eigenvalue weighted by Gasteiger charge is -2.20. The number of H-pyrrole nitrogens is 1. The molecule has 1 aromatic carbocycles. The van der Waals surface area contributed by atoms with Crippen molar-refractivity contribution in [1.29, 1.82) is 0 Å². The van der Waals surface area contributed by atoms with Crippen molar-refractivity contribution in [2.24, 2.45) is 5.73 Å². The summed E-state index contributed by atoms with van der Waals surface area (Å²) in [6, 6.07) is 7.89. The first-order chi connectivity index (χ1) is 9.22. The highest BCUT2D eigenvalue weighted by atomic mass is 16.5. The predicted octanol–water partition coefficient (Wildman–Crippen LogP) is 1.61. The molecule has 0 amide bonds. The number of aromatic amines is 1. The molecule has 0 bridgehead atoms. The normalized spacial score (nSPS) is 12.7. The highest BCUT2D eigenvalue weighted by Crippen LogP contribution is 2.33. The average Bonchev–Trinajstić information content (AvgIpc) is 2.45. The lowest BCUT2D eigenvalue weighted by atomic mass is 9.88. The number of nitrogens with two attached hydrogens (primary N) is 1. The predicted molar refractivity (Wildman–Crippen MR) is 74.4 cm³/mol. The summed E-state index contributed by atoms with van der Waals surface area (Å²) in [7, 11) is 1.66. The third-order valence-corrected chi connectivity index (χ3v) is 3.67. The fourth-order valence-electron chi connectivity index (χ4n) is 2.63. The van der Waals surface area contributed by atoms with Crippen LogP contribution in [0.1, 0.15) is 16.7 Å². The molecule has 0 spiro atoms. The summed E-state index contributed by atoms with van der Waals surface area (Å²) < 4.78 is 5.24. The van der Waals surface area contributed by atoms with Crippen LogP contribution in [0.25, 0.3) is 11.3 Å². The molecule has 2 aromatic rings. The van der Waals surface area contributed by atoms with Gasteiger partial charge in [0.25, 0.3) is 5.56 Å². The molecule has 1 heterocycles. The van der Waals surface area contributed by atoms with Crippen molar-refractivity contribution in [1.82, 2.24) is 4.98 Å². The van der Waals surface area contributed by atoms with Crippen molar-refractivity contribution in [3.63, 3.8) is 0 Å². The van der Waals surface area contributed by atoms with Gasteiger partial charge in [-0.25, -0.2) is 0 Å². The minimum absolute atomic E-state index is 0.0927. The van der Waals surface area contributed by atoms with Gasteiger partial charge in [0.15, 0.2) is 0 Å². The number of benzene rings is 1. The van der Waals surface area contributed by atoms with E-state index in [1.807, 2.05) is 24.3 Å². The Labute approximate surface area is 111 Å². The van der Waals surface area contributed by atoms with E-state index in [4.69, 9.17) is 10.5 Å². The zero-order chi connectivity index (χ0) is 13.4. The zero-order valence-corrected chi connectivity index (χ0v) is 10.8. The standard InChI is InChI=1S/C15H16N2O2/c1-19-12-4-5-13-9(7-12)2-3-10-6-11(8-16)15(18)17-14(10)13/h4-7H,2-3,8,16H2,1H3,(H,17,18). The molecule has 98 valence electrons. The molecule has 0 saturated carbocycles. The molecule has 0 saturated heterocycles. The number of hydrogen-bond donors (Lipinski definition) is 2. The van der Waals surface area contributed by atoms with Crippen LogP contribution in [0.15, 0.2) is 29.1 Å². The molecular formula is C15H16N2O2. The Morgan fingerprint density at radius 2 is 2.05 bits per heavy atom. The molecule has 4 heteroatoms. The number of fused-ring (bicyclic) bond motifs is 3. The molecule has 0 atom stereocenters. The summed E-state index contributed by atoms with van der Waals surface area (Å²) in [5.41, 5.74) is 10.5. The van der Waals surface area contributed by atoms with Gasteiger partial charge in [-0.3, -0.25) is 4.79 Å². The number of methoxy groups -OCH3 is 1. The second-order valence-electron chi connectivity index (χ2n) is 4.75. The minimum atomic E-state index is -0.0927. The van der Waals surface area contributed by atoms with Gasteiger partial charge in [0.1, 0.15) is 5.75 Å². The van der Waals surface area contributed by atoms with E-state index in [1.165, 1.54) is 5.56 Å². The molecule has 0 fully saturated rings. The lowest BCUT2D eigenvalue weighted by molar-refractivity contribution is 0.414. The van der Waals surface area contributed by atoms with E-state index in [2.05, 4.69) is 4.98 Å². The smallest absolute Gasteiger partial charge is 0.252 e. The van der Waals surface area contributed by atoms with E-state index in [0.717, 1.165) is 35.4 Å². The van der Waals surface area contributed by atoms with E-state index in [-0.39, 0.29) is 12.1 Å². The lowest BCUT2D eigenvalue weighted by Crippen LogP contribution is -2.20. The van der Waals surface area contributed by atoms with E-state index in [1.54, 1.807) is 7.11 Å². The first kappa shape index (κ1) is 12.0. The van der Waals surface area contributed by atoms with Crippen LogP contribution in [0.5, 0.6) is 5.75 Å². The van der Waals surface area contributed by atoms with E-state index < -0.39 is 0 Å². The van der Waals surface area contributed by atoms with Crippen molar-refractivity contribution in [3.05, 3.63) is 51.3 Å². The van der Waals surface area contributed by atoms with Gasteiger partial charge in [0.2, 0.25) is 0 Å². The topological polar surface area (TPSA) is 68.1 Å². The molecule has 3 rings (SSSR count). The number of aryl methyl sites for hydroxylation is 2. The Morgan fingerprint density at radius 3 is 2.79 bits per heavy atom. The van der Waals surface area contributed by atoms with E-state index in [0.29, 0.717) is 5.56 Å². The summed E-state index contributed by atoms with van der Waals surface area (Å²) in [5.74, 6) is 0.850. The van der Waals surface area contributed by atoms with Crippen LogP contribution in [0.3, 0.4) is 0 Å². The van der Waals surface area contributed by atoms with Gasteiger partial charge < -0.3 is 15.5 Å². The molecule has 3 N–H and O–H groups in total. The monoisotopic (exact) mass is 256 g/mol. The third kappa shape index (κ3) is 1.94. The molecule has 1 aliphatic carbocycles. The summed E-state index contributed by atoms with van der Waals surface area (Å²) >= 11 is 0. The first-order valence-electron chi connectivity index (χ1n) is 6.35. The SMILES string of the molecule is COc1ccc2c(c1)CCc1cc(CN)c(=O)[nH]c1-2. The van der Waals surface area contributed by atoms with Crippen LogP contribution < -0.4 is 16.0 Å². The largest absolute Gasteiger partial charge is 0.497 e. The molecule has 1 aliphatic rings. The number of pyridine rings is 1. The van der Waals surface area contributed by atoms with Crippen molar-refractivity contribution in [2.45, 2.75) is 19.4 Å². The van der Waals surface area contributed by atoms with Gasteiger partial charge in [-0.05, 0) is 48.2 Å². The van der Waals surface area contributed by atoms with Gasteiger partial charge >= 0.3 is 0 Å².